The number of likely N-dealkylation sites (N-methyl/N-ethyl adjacent to an activating group) is 1. The lowest BCUT2D eigenvalue weighted by atomic mass is 10.2. The van der Waals surface area contributed by atoms with E-state index in [0.717, 1.165) is 11.5 Å². The number of amides is 1. The fourth-order valence-electron chi connectivity index (χ4n) is 2.14. The van der Waals surface area contributed by atoms with Crippen LogP contribution >= 0.6 is 0 Å². The van der Waals surface area contributed by atoms with Gasteiger partial charge in [-0.25, -0.2) is 0 Å². The Hall–Kier alpha value is -2.27. The second kappa shape index (κ2) is 7.13. The number of hydrogen-bond acceptors (Lipinski definition) is 4. The Balaban J connectivity index is 1.99. The maximum atomic E-state index is 12.4. The first-order chi connectivity index (χ1) is 10.5. The summed E-state index contributed by atoms with van der Waals surface area (Å²) in [6, 6.07) is 10.9. The monoisotopic (exact) mass is 302 g/mol. The zero-order valence-corrected chi connectivity index (χ0v) is 13.4. The van der Waals surface area contributed by atoms with Gasteiger partial charge in [-0.15, -0.1) is 0 Å². The van der Waals surface area contributed by atoms with E-state index in [0.29, 0.717) is 18.0 Å². The molecule has 0 aliphatic heterocycles. The molecule has 1 amide bonds. The molecule has 0 fully saturated rings. The summed E-state index contributed by atoms with van der Waals surface area (Å²) < 4.78 is 10.8. The number of nitrogens with one attached hydrogen (secondary N) is 1. The number of ether oxygens (including phenoxy) is 1. The number of hydrogen-bond donors (Lipinski definition) is 1. The molecule has 5 heteroatoms. The van der Waals surface area contributed by atoms with Crippen molar-refractivity contribution in [2.45, 2.75) is 26.4 Å². The van der Waals surface area contributed by atoms with E-state index in [4.69, 9.17) is 9.15 Å². The van der Waals surface area contributed by atoms with E-state index < -0.39 is 0 Å². The molecule has 0 unspecified atom stereocenters. The SMILES string of the molecule is COc1ccccc1NC(=O)[C@@H](C)N(C)Cc1ccc(C)o1. The lowest BCUT2D eigenvalue weighted by Gasteiger charge is -2.23. The standard InChI is InChI=1S/C17H22N2O3/c1-12-9-10-14(22-12)11-19(3)13(2)17(20)18-15-7-5-6-8-16(15)21-4/h5-10,13H,11H2,1-4H3,(H,18,20)/t13-/m1/s1. The van der Waals surface area contributed by atoms with Crippen molar-refractivity contribution in [3.05, 3.63) is 47.9 Å². The molecule has 1 aromatic carbocycles. The van der Waals surface area contributed by atoms with Gasteiger partial charge in [-0.05, 0) is 45.2 Å². The predicted molar refractivity (Wildman–Crippen MR) is 86.0 cm³/mol. The lowest BCUT2D eigenvalue weighted by molar-refractivity contribution is -0.120. The van der Waals surface area contributed by atoms with Crippen LogP contribution in [-0.4, -0.2) is 31.0 Å². The molecule has 2 rings (SSSR count). The molecular weight excluding hydrogens is 280 g/mol. The van der Waals surface area contributed by atoms with Gasteiger partial charge in [0.15, 0.2) is 0 Å². The Morgan fingerprint density at radius 1 is 1.32 bits per heavy atom. The Bertz CT molecular complexity index is 636. The molecule has 5 nitrogen and oxygen atoms in total. The zero-order chi connectivity index (χ0) is 16.1. The van der Waals surface area contributed by atoms with Crippen molar-refractivity contribution in [3.63, 3.8) is 0 Å². The average Bonchev–Trinajstić information content (AvgIpc) is 2.92. The molecule has 1 N–H and O–H groups in total. The molecule has 1 atom stereocenters. The molecule has 1 heterocycles. The minimum Gasteiger partial charge on any atom is -0.495 e. The number of nitrogens with zero attached hydrogens (tertiary/aromatic N) is 1. The van der Waals surface area contributed by atoms with Crippen LogP contribution in [0.1, 0.15) is 18.4 Å². The van der Waals surface area contributed by atoms with Crippen LogP contribution in [0.4, 0.5) is 5.69 Å². The van der Waals surface area contributed by atoms with E-state index in [2.05, 4.69) is 5.32 Å². The summed E-state index contributed by atoms with van der Waals surface area (Å²) in [4.78, 5) is 14.3. The second-order valence-corrected chi connectivity index (χ2v) is 5.29. The number of carbonyl (C=O) groups is 1. The largest absolute Gasteiger partial charge is 0.495 e. The molecule has 0 aliphatic rings. The van der Waals surface area contributed by atoms with Crippen LogP contribution in [0.25, 0.3) is 0 Å². The van der Waals surface area contributed by atoms with Crippen molar-refractivity contribution in [3.8, 4) is 5.75 Å². The van der Waals surface area contributed by atoms with Gasteiger partial charge in [0.05, 0.1) is 25.4 Å². The molecule has 0 radical (unpaired) electrons. The van der Waals surface area contributed by atoms with Crippen LogP contribution in [0, 0.1) is 6.92 Å². The van der Waals surface area contributed by atoms with Crippen LogP contribution < -0.4 is 10.1 Å². The topological polar surface area (TPSA) is 54.7 Å². The summed E-state index contributed by atoms with van der Waals surface area (Å²) in [7, 11) is 3.48. The van der Waals surface area contributed by atoms with E-state index in [1.54, 1.807) is 7.11 Å². The van der Waals surface area contributed by atoms with E-state index in [-0.39, 0.29) is 11.9 Å². The molecule has 0 bridgehead atoms. The van der Waals surface area contributed by atoms with Crippen LogP contribution in [-0.2, 0) is 11.3 Å². The number of carbonyl (C=O) groups excluding carboxylic acids is 1. The quantitative estimate of drug-likeness (QED) is 0.891. The molecule has 22 heavy (non-hydrogen) atoms. The van der Waals surface area contributed by atoms with Crippen LogP contribution in [0.15, 0.2) is 40.8 Å². The summed E-state index contributed by atoms with van der Waals surface area (Å²) in [5.74, 6) is 2.27. The molecule has 2 aromatic rings. The highest BCUT2D eigenvalue weighted by Gasteiger charge is 2.20. The van der Waals surface area contributed by atoms with E-state index in [1.807, 2.05) is 62.2 Å². The number of anilines is 1. The molecule has 0 saturated heterocycles. The average molecular weight is 302 g/mol. The van der Waals surface area contributed by atoms with Crippen LogP contribution in [0.5, 0.6) is 5.75 Å². The first kappa shape index (κ1) is 16.1. The zero-order valence-electron chi connectivity index (χ0n) is 13.4. The highest BCUT2D eigenvalue weighted by atomic mass is 16.5. The van der Waals surface area contributed by atoms with Crippen LogP contribution in [0.2, 0.25) is 0 Å². The van der Waals surface area contributed by atoms with Gasteiger partial charge in [0, 0.05) is 0 Å². The molecule has 118 valence electrons. The molecule has 1 aromatic heterocycles. The van der Waals surface area contributed by atoms with Crippen molar-refractivity contribution in [1.82, 2.24) is 4.90 Å². The number of rotatable bonds is 6. The molecular formula is C17H22N2O3. The summed E-state index contributed by atoms with van der Waals surface area (Å²) >= 11 is 0. The van der Waals surface area contributed by atoms with Crippen molar-refractivity contribution in [2.24, 2.45) is 0 Å². The fraction of sp³-hybridized carbons (Fsp3) is 0.353. The minimum absolute atomic E-state index is 0.0877. The van der Waals surface area contributed by atoms with E-state index in [9.17, 15) is 4.79 Å². The number of furan rings is 1. The van der Waals surface area contributed by atoms with Gasteiger partial charge in [0.2, 0.25) is 5.91 Å². The number of benzene rings is 1. The Morgan fingerprint density at radius 3 is 2.68 bits per heavy atom. The summed E-state index contributed by atoms with van der Waals surface area (Å²) in [6.07, 6.45) is 0. The number of para-hydroxylation sites is 2. The van der Waals surface area contributed by atoms with Gasteiger partial charge in [-0.1, -0.05) is 12.1 Å². The van der Waals surface area contributed by atoms with Gasteiger partial charge < -0.3 is 14.5 Å². The fourth-order valence-corrected chi connectivity index (χ4v) is 2.14. The Morgan fingerprint density at radius 2 is 2.05 bits per heavy atom. The van der Waals surface area contributed by atoms with Crippen molar-refractivity contribution in [1.29, 1.82) is 0 Å². The highest BCUT2D eigenvalue weighted by Crippen LogP contribution is 2.23. The third kappa shape index (κ3) is 3.89. The van der Waals surface area contributed by atoms with Crippen molar-refractivity contribution in [2.75, 3.05) is 19.5 Å². The van der Waals surface area contributed by atoms with Gasteiger partial charge >= 0.3 is 0 Å². The van der Waals surface area contributed by atoms with E-state index in [1.165, 1.54) is 0 Å². The Labute approximate surface area is 130 Å². The summed E-state index contributed by atoms with van der Waals surface area (Å²) in [6.45, 7) is 4.34. The second-order valence-electron chi connectivity index (χ2n) is 5.29. The maximum Gasteiger partial charge on any atom is 0.241 e. The lowest BCUT2D eigenvalue weighted by Crippen LogP contribution is -2.39. The van der Waals surface area contributed by atoms with Crippen LogP contribution in [0.3, 0.4) is 0 Å². The first-order valence-electron chi connectivity index (χ1n) is 7.20. The minimum atomic E-state index is -0.296. The number of methoxy groups -OCH3 is 1. The summed E-state index contributed by atoms with van der Waals surface area (Å²) in [5.41, 5.74) is 0.670. The third-order valence-corrected chi connectivity index (χ3v) is 3.61. The van der Waals surface area contributed by atoms with Gasteiger partial charge in [-0.3, -0.25) is 9.69 Å². The smallest absolute Gasteiger partial charge is 0.241 e. The van der Waals surface area contributed by atoms with Gasteiger partial charge in [-0.2, -0.15) is 0 Å². The molecule has 0 spiro atoms. The molecule has 0 aliphatic carbocycles. The first-order valence-corrected chi connectivity index (χ1v) is 7.20. The third-order valence-electron chi connectivity index (χ3n) is 3.61. The Kier molecular flexibility index (Phi) is 5.22. The van der Waals surface area contributed by atoms with Gasteiger partial charge in [0.1, 0.15) is 17.3 Å². The highest BCUT2D eigenvalue weighted by molar-refractivity contribution is 5.95. The molecule has 0 saturated carbocycles. The van der Waals surface area contributed by atoms with Gasteiger partial charge in [0.25, 0.3) is 0 Å². The normalized spacial score (nSPS) is 12.2. The van der Waals surface area contributed by atoms with E-state index >= 15 is 0 Å². The summed E-state index contributed by atoms with van der Waals surface area (Å²) in [5, 5.41) is 2.90. The predicted octanol–water partition coefficient (Wildman–Crippen LogP) is 3.06. The maximum absolute atomic E-state index is 12.4. The van der Waals surface area contributed by atoms with Crippen molar-refractivity contribution < 1.29 is 13.9 Å². The number of aryl methyl sites for hydroxylation is 1. The van der Waals surface area contributed by atoms with Crippen molar-refractivity contribution >= 4 is 11.6 Å².